The molecule has 1 aromatic heterocycles. The number of nitrogen functional groups attached to an aromatic ring is 1. The van der Waals surface area contributed by atoms with E-state index in [0.29, 0.717) is 11.6 Å². The minimum absolute atomic E-state index is 0.239. The molecule has 1 heterocycles. The first-order valence-electron chi connectivity index (χ1n) is 5.13. The highest BCUT2D eigenvalue weighted by Crippen LogP contribution is 2.23. The van der Waals surface area contributed by atoms with Gasteiger partial charge in [-0.1, -0.05) is 0 Å². The minimum Gasteiger partial charge on any atom is -0.497 e. The number of nitrogens with one attached hydrogen (secondary N) is 2. The van der Waals surface area contributed by atoms with E-state index >= 15 is 0 Å². The number of hydrogen-bond donors (Lipinski definition) is 3. The summed E-state index contributed by atoms with van der Waals surface area (Å²) in [5.41, 5.74) is 2.57. The molecule has 4 N–H and O–H groups in total. The molecule has 2 rings (SSSR count). The molecule has 0 fully saturated rings. The highest BCUT2D eigenvalue weighted by Gasteiger charge is 2.05. The van der Waals surface area contributed by atoms with Gasteiger partial charge < -0.3 is 10.1 Å². The fourth-order valence-electron chi connectivity index (χ4n) is 1.36. The normalized spacial score (nSPS) is 9.94. The molecule has 2 aromatic rings. The van der Waals surface area contributed by atoms with Crippen molar-refractivity contribution in [2.24, 2.45) is 5.84 Å². The Bertz CT molecular complexity index is 549. The van der Waals surface area contributed by atoms with Crippen LogP contribution in [0.5, 0.6) is 5.75 Å². The molecular formula is C11H12FN5O. The summed E-state index contributed by atoms with van der Waals surface area (Å²) in [5, 5.41) is 2.82. The van der Waals surface area contributed by atoms with Crippen LogP contribution in [0.1, 0.15) is 0 Å². The smallest absolute Gasteiger partial charge is 0.239 e. The van der Waals surface area contributed by atoms with Gasteiger partial charge in [0.1, 0.15) is 17.4 Å². The van der Waals surface area contributed by atoms with Gasteiger partial charge in [-0.15, -0.1) is 0 Å². The monoisotopic (exact) mass is 249 g/mol. The van der Waals surface area contributed by atoms with Gasteiger partial charge in [0, 0.05) is 12.3 Å². The van der Waals surface area contributed by atoms with Gasteiger partial charge in [-0.3, -0.25) is 5.43 Å². The number of rotatable bonds is 4. The van der Waals surface area contributed by atoms with Gasteiger partial charge in [-0.05, 0) is 18.2 Å². The second kappa shape index (κ2) is 5.28. The Labute approximate surface area is 103 Å². The zero-order chi connectivity index (χ0) is 13.0. The fourth-order valence-corrected chi connectivity index (χ4v) is 1.36. The van der Waals surface area contributed by atoms with E-state index in [1.54, 1.807) is 6.07 Å². The van der Waals surface area contributed by atoms with Crippen LogP contribution < -0.4 is 21.3 Å². The molecule has 0 saturated carbocycles. The number of anilines is 3. The van der Waals surface area contributed by atoms with Crippen LogP contribution in [0.3, 0.4) is 0 Å². The van der Waals surface area contributed by atoms with Crippen LogP contribution in [0.4, 0.5) is 21.8 Å². The van der Waals surface area contributed by atoms with Gasteiger partial charge in [-0.2, -0.15) is 4.98 Å². The predicted octanol–water partition coefficient (Wildman–Crippen LogP) is 1.65. The lowest BCUT2D eigenvalue weighted by Crippen LogP contribution is -2.11. The van der Waals surface area contributed by atoms with E-state index in [4.69, 9.17) is 10.6 Å². The summed E-state index contributed by atoms with van der Waals surface area (Å²) in [6.45, 7) is 0. The molecule has 1 aromatic carbocycles. The Morgan fingerprint density at radius 1 is 1.33 bits per heavy atom. The maximum atomic E-state index is 13.6. The Kier molecular flexibility index (Phi) is 3.54. The second-order valence-electron chi connectivity index (χ2n) is 3.38. The average Bonchev–Trinajstić information content (AvgIpc) is 2.41. The van der Waals surface area contributed by atoms with Gasteiger partial charge in [0.15, 0.2) is 0 Å². The van der Waals surface area contributed by atoms with Crippen molar-refractivity contribution in [1.29, 1.82) is 0 Å². The summed E-state index contributed by atoms with van der Waals surface area (Å²) in [6.07, 6.45) is 1.50. The van der Waals surface area contributed by atoms with E-state index in [-0.39, 0.29) is 11.6 Å². The molecular weight excluding hydrogens is 237 g/mol. The first kappa shape index (κ1) is 12.1. The molecule has 0 aliphatic heterocycles. The SMILES string of the molecule is COc1ccc(F)c(Nc2ccnc(NN)n2)c1. The van der Waals surface area contributed by atoms with Gasteiger partial charge in [0.25, 0.3) is 0 Å². The van der Waals surface area contributed by atoms with Crippen LogP contribution in [0.15, 0.2) is 30.5 Å². The maximum absolute atomic E-state index is 13.6. The Balaban J connectivity index is 2.27. The van der Waals surface area contributed by atoms with Crippen molar-refractivity contribution in [1.82, 2.24) is 9.97 Å². The molecule has 7 heteroatoms. The number of nitrogens with two attached hydrogens (primary N) is 1. The topological polar surface area (TPSA) is 85.1 Å². The van der Waals surface area contributed by atoms with Crippen molar-refractivity contribution >= 4 is 17.5 Å². The third kappa shape index (κ3) is 2.64. The average molecular weight is 249 g/mol. The summed E-state index contributed by atoms with van der Waals surface area (Å²) in [5.74, 6) is 5.99. The maximum Gasteiger partial charge on any atom is 0.239 e. The first-order chi connectivity index (χ1) is 8.72. The van der Waals surface area contributed by atoms with Gasteiger partial charge in [0.2, 0.25) is 5.95 Å². The number of nitrogens with zero attached hydrogens (tertiary/aromatic N) is 2. The lowest BCUT2D eigenvalue weighted by molar-refractivity contribution is 0.414. The van der Waals surface area contributed by atoms with E-state index in [1.807, 2.05) is 0 Å². The summed E-state index contributed by atoms with van der Waals surface area (Å²) in [6, 6.07) is 5.98. The Morgan fingerprint density at radius 2 is 2.17 bits per heavy atom. The number of halogens is 1. The molecule has 6 nitrogen and oxygen atoms in total. The molecule has 0 amide bonds. The van der Waals surface area contributed by atoms with Gasteiger partial charge in [-0.25, -0.2) is 15.2 Å². The lowest BCUT2D eigenvalue weighted by atomic mass is 10.3. The van der Waals surface area contributed by atoms with E-state index in [2.05, 4.69) is 20.7 Å². The number of benzene rings is 1. The standard InChI is InChI=1S/C11H12FN5O/c1-18-7-2-3-8(12)9(6-7)15-10-4-5-14-11(16-10)17-13/h2-6H,13H2,1H3,(H2,14,15,16,17). The zero-order valence-electron chi connectivity index (χ0n) is 9.64. The fraction of sp³-hybridized carbons (Fsp3) is 0.0909. The molecule has 0 saturated heterocycles. The summed E-state index contributed by atoms with van der Waals surface area (Å²) < 4.78 is 18.6. The van der Waals surface area contributed by atoms with Crippen LogP contribution >= 0.6 is 0 Å². The molecule has 0 spiro atoms. The van der Waals surface area contributed by atoms with E-state index < -0.39 is 5.82 Å². The Hall–Kier alpha value is -2.41. The Morgan fingerprint density at radius 3 is 2.89 bits per heavy atom. The van der Waals surface area contributed by atoms with Crippen molar-refractivity contribution in [3.63, 3.8) is 0 Å². The van der Waals surface area contributed by atoms with Crippen LogP contribution in [-0.2, 0) is 0 Å². The third-order valence-electron chi connectivity index (χ3n) is 2.22. The number of aromatic nitrogens is 2. The highest BCUT2D eigenvalue weighted by atomic mass is 19.1. The van der Waals surface area contributed by atoms with Gasteiger partial charge >= 0.3 is 0 Å². The number of methoxy groups -OCH3 is 1. The summed E-state index contributed by atoms with van der Waals surface area (Å²) in [7, 11) is 1.51. The molecule has 0 unspecified atom stereocenters. The third-order valence-corrected chi connectivity index (χ3v) is 2.22. The summed E-state index contributed by atoms with van der Waals surface area (Å²) in [4.78, 5) is 7.87. The first-order valence-corrected chi connectivity index (χ1v) is 5.13. The van der Waals surface area contributed by atoms with Crippen molar-refractivity contribution in [2.45, 2.75) is 0 Å². The highest BCUT2D eigenvalue weighted by molar-refractivity contribution is 5.59. The number of hydrazine groups is 1. The number of ether oxygens (including phenoxy) is 1. The van der Waals surface area contributed by atoms with E-state index in [1.165, 1.54) is 31.5 Å². The summed E-state index contributed by atoms with van der Waals surface area (Å²) >= 11 is 0. The molecule has 0 aliphatic carbocycles. The van der Waals surface area contributed by atoms with Crippen molar-refractivity contribution in [3.05, 3.63) is 36.3 Å². The van der Waals surface area contributed by atoms with Gasteiger partial charge in [0.05, 0.1) is 12.8 Å². The van der Waals surface area contributed by atoms with Crippen molar-refractivity contribution in [3.8, 4) is 5.75 Å². The molecule has 0 radical (unpaired) electrons. The number of hydrogen-bond acceptors (Lipinski definition) is 6. The molecule has 0 bridgehead atoms. The predicted molar refractivity (Wildman–Crippen MR) is 66.1 cm³/mol. The van der Waals surface area contributed by atoms with E-state index in [9.17, 15) is 4.39 Å². The molecule has 94 valence electrons. The van der Waals surface area contributed by atoms with Crippen molar-refractivity contribution < 1.29 is 9.13 Å². The minimum atomic E-state index is -0.406. The van der Waals surface area contributed by atoms with Crippen LogP contribution in [0.25, 0.3) is 0 Å². The van der Waals surface area contributed by atoms with Crippen molar-refractivity contribution in [2.75, 3.05) is 17.9 Å². The molecule has 18 heavy (non-hydrogen) atoms. The largest absolute Gasteiger partial charge is 0.497 e. The van der Waals surface area contributed by atoms with Crippen LogP contribution in [0, 0.1) is 5.82 Å². The lowest BCUT2D eigenvalue weighted by Gasteiger charge is -2.09. The quantitative estimate of drug-likeness (QED) is 0.564. The van der Waals surface area contributed by atoms with Crippen LogP contribution in [-0.4, -0.2) is 17.1 Å². The molecule has 0 atom stereocenters. The zero-order valence-corrected chi connectivity index (χ0v) is 9.64. The second-order valence-corrected chi connectivity index (χ2v) is 3.38. The van der Waals surface area contributed by atoms with Crippen LogP contribution in [0.2, 0.25) is 0 Å². The molecule has 0 aliphatic rings. The van der Waals surface area contributed by atoms with E-state index in [0.717, 1.165) is 0 Å².